The quantitative estimate of drug-likeness (QED) is 0.767. The second-order valence-electron chi connectivity index (χ2n) is 5.63. The molecule has 4 heteroatoms. The van der Waals surface area contributed by atoms with Crippen molar-refractivity contribution in [2.24, 2.45) is 5.92 Å². The van der Waals surface area contributed by atoms with Crippen molar-refractivity contribution >= 4 is 5.97 Å². The van der Waals surface area contributed by atoms with Crippen LogP contribution in [0.5, 0.6) is 5.75 Å². The number of benzene rings is 1. The lowest BCUT2D eigenvalue weighted by atomic mass is 10.1. The zero-order valence-electron chi connectivity index (χ0n) is 12.6. The number of esters is 1. The molecular formula is C18H19NO3. The molecule has 1 heterocycles. The summed E-state index contributed by atoms with van der Waals surface area (Å²) in [4.78, 5) is 15.1. The number of aromatic nitrogens is 1. The molecule has 0 saturated heterocycles. The van der Waals surface area contributed by atoms with Gasteiger partial charge in [-0.1, -0.05) is 30.3 Å². The minimum atomic E-state index is -0.219. The molecule has 4 nitrogen and oxygen atoms in total. The maximum absolute atomic E-state index is 10.8. The van der Waals surface area contributed by atoms with Crippen LogP contribution in [0.3, 0.4) is 0 Å². The van der Waals surface area contributed by atoms with Gasteiger partial charge in [0.1, 0.15) is 12.4 Å². The molecule has 2 atom stereocenters. The molecule has 1 saturated carbocycles. The minimum absolute atomic E-state index is 0.219. The number of hydrogen-bond donors (Lipinski definition) is 0. The van der Waals surface area contributed by atoms with Crippen molar-refractivity contribution in [2.75, 3.05) is 6.61 Å². The van der Waals surface area contributed by atoms with Gasteiger partial charge in [-0.2, -0.15) is 0 Å². The molecule has 0 aliphatic heterocycles. The van der Waals surface area contributed by atoms with E-state index in [1.165, 1.54) is 6.92 Å². The first-order valence-electron chi connectivity index (χ1n) is 7.47. The number of hydrogen-bond acceptors (Lipinski definition) is 4. The fourth-order valence-electron chi connectivity index (χ4n) is 2.52. The van der Waals surface area contributed by atoms with Gasteiger partial charge in [0.2, 0.25) is 0 Å². The molecule has 1 aromatic heterocycles. The molecule has 2 aromatic rings. The Morgan fingerprint density at radius 2 is 2.09 bits per heavy atom. The third-order valence-corrected chi connectivity index (χ3v) is 3.83. The topological polar surface area (TPSA) is 48.4 Å². The van der Waals surface area contributed by atoms with Crippen LogP contribution in [0.25, 0.3) is 0 Å². The van der Waals surface area contributed by atoms with Crippen LogP contribution >= 0.6 is 0 Å². The van der Waals surface area contributed by atoms with Crippen molar-refractivity contribution in [1.82, 2.24) is 4.98 Å². The van der Waals surface area contributed by atoms with E-state index in [4.69, 9.17) is 9.47 Å². The van der Waals surface area contributed by atoms with E-state index in [2.05, 4.69) is 4.98 Å². The maximum atomic E-state index is 10.8. The second kappa shape index (κ2) is 6.60. The van der Waals surface area contributed by atoms with Crippen LogP contribution in [0.4, 0.5) is 0 Å². The van der Waals surface area contributed by atoms with Crippen molar-refractivity contribution in [3.05, 3.63) is 59.9 Å². The predicted molar refractivity (Wildman–Crippen MR) is 82.5 cm³/mol. The average molecular weight is 297 g/mol. The molecule has 1 fully saturated rings. The van der Waals surface area contributed by atoms with Gasteiger partial charge in [-0.3, -0.25) is 9.78 Å². The average Bonchev–Trinajstić information content (AvgIpc) is 3.32. The highest BCUT2D eigenvalue weighted by Crippen LogP contribution is 2.47. The molecule has 114 valence electrons. The zero-order valence-corrected chi connectivity index (χ0v) is 12.6. The summed E-state index contributed by atoms with van der Waals surface area (Å²) in [6.45, 7) is 2.47. The van der Waals surface area contributed by atoms with E-state index in [9.17, 15) is 4.79 Å². The Morgan fingerprint density at radius 3 is 2.86 bits per heavy atom. The summed E-state index contributed by atoms with van der Waals surface area (Å²) in [5, 5.41) is 0. The molecule has 0 unspecified atom stereocenters. The van der Waals surface area contributed by atoms with Gasteiger partial charge >= 0.3 is 5.97 Å². The molecule has 0 N–H and O–H groups in total. The van der Waals surface area contributed by atoms with E-state index < -0.39 is 0 Å². The number of carbonyl (C=O) groups is 1. The van der Waals surface area contributed by atoms with Gasteiger partial charge in [0.15, 0.2) is 0 Å². The standard InChI is InChI=1S/C18H19NO3/c1-13(20)21-12-16-8-18(16)15-7-17(10-19-9-15)22-11-14-5-3-2-4-6-14/h2-7,9-10,16,18H,8,11-12H2,1H3/t16-,18+/m0/s1. The molecule has 0 bridgehead atoms. The Morgan fingerprint density at radius 1 is 1.27 bits per heavy atom. The van der Waals surface area contributed by atoms with Crippen LogP contribution in [0.15, 0.2) is 48.8 Å². The van der Waals surface area contributed by atoms with Gasteiger partial charge in [-0.25, -0.2) is 0 Å². The summed E-state index contributed by atoms with van der Waals surface area (Å²) >= 11 is 0. The van der Waals surface area contributed by atoms with Crippen molar-refractivity contribution in [2.45, 2.75) is 25.9 Å². The molecule has 1 aliphatic rings. The number of rotatable bonds is 6. The van der Waals surface area contributed by atoms with Crippen molar-refractivity contribution in [1.29, 1.82) is 0 Å². The van der Waals surface area contributed by atoms with Gasteiger partial charge in [-0.15, -0.1) is 0 Å². The fraction of sp³-hybridized carbons (Fsp3) is 0.333. The lowest BCUT2D eigenvalue weighted by Gasteiger charge is -2.08. The van der Waals surface area contributed by atoms with E-state index in [0.717, 1.165) is 23.3 Å². The largest absolute Gasteiger partial charge is 0.487 e. The van der Waals surface area contributed by atoms with Gasteiger partial charge in [-0.05, 0) is 29.5 Å². The second-order valence-corrected chi connectivity index (χ2v) is 5.63. The molecule has 1 aliphatic carbocycles. The number of nitrogens with zero attached hydrogens (tertiary/aromatic N) is 1. The Balaban J connectivity index is 1.56. The molecule has 0 spiro atoms. The Labute approximate surface area is 130 Å². The van der Waals surface area contributed by atoms with Crippen LogP contribution in [0.2, 0.25) is 0 Å². The first-order valence-corrected chi connectivity index (χ1v) is 7.47. The summed E-state index contributed by atoms with van der Waals surface area (Å²) in [7, 11) is 0. The van der Waals surface area contributed by atoms with Crippen molar-refractivity contribution in [3.8, 4) is 5.75 Å². The summed E-state index contributed by atoms with van der Waals surface area (Å²) in [5.74, 6) is 1.39. The Hall–Kier alpha value is -2.36. The van der Waals surface area contributed by atoms with E-state index in [1.807, 2.05) is 42.6 Å². The van der Waals surface area contributed by atoms with Gasteiger partial charge in [0, 0.05) is 19.0 Å². The summed E-state index contributed by atoms with van der Waals surface area (Å²) in [6.07, 6.45) is 4.64. The summed E-state index contributed by atoms with van der Waals surface area (Å²) in [5.41, 5.74) is 2.29. The maximum Gasteiger partial charge on any atom is 0.302 e. The molecule has 0 amide bonds. The Kier molecular flexibility index (Phi) is 4.37. The van der Waals surface area contributed by atoms with Crippen molar-refractivity contribution in [3.63, 3.8) is 0 Å². The van der Waals surface area contributed by atoms with Crippen LogP contribution in [-0.4, -0.2) is 17.6 Å². The molecule has 3 rings (SSSR count). The minimum Gasteiger partial charge on any atom is -0.487 e. The highest BCUT2D eigenvalue weighted by molar-refractivity contribution is 5.65. The van der Waals surface area contributed by atoms with Crippen LogP contribution in [0, 0.1) is 5.92 Å². The third kappa shape index (κ3) is 3.85. The SMILES string of the molecule is CC(=O)OC[C@@H]1C[C@@H]1c1cncc(OCc2ccccc2)c1. The van der Waals surface area contributed by atoms with Crippen LogP contribution < -0.4 is 4.74 Å². The number of ether oxygens (including phenoxy) is 2. The predicted octanol–water partition coefficient (Wildman–Crippen LogP) is 3.33. The van der Waals surface area contributed by atoms with Gasteiger partial charge in [0.25, 0.3) is 0 Å². The lowest BCUT2D eigenvalue weighted by molar-refractivity contribution is -0.141. The number of pyridine rings is 1. The summed E-state index contributed by atoms with van der Waals surface area (Å²) < 4.78 is 10.9. The highest BCUT2D eigenvalue weighted by atomic mass is 16.5. The zero-order chi connectivity index (χ0) is 15.4. The number of carbonyl (C=O) groups excluding carboxylic acids is 1. The van der Waals surface area contributed by atoms with Gasteiger partial charge < -0.3 is 9.47 Å². The highest BCUT2D eigenvalue weighted by Gasteiger charge is 2.39. The van der Waals surface area contributed by atoms with E-state index in [1.54, 1.807) is 6.20 Å². The first kappa shape index (κ1) is 14.6. The normalized spacial score (nSPS) is 19.5. The monoisotopic (exact) mass is 297 g/mol. The van der Waals surface area contributed by atoms with Crippen LogP contribution in [0.1, 0.15) is 30.4 Å². The van der Waals surface area contributed by atoms with Gasteiger partial charge in [0.05, 0.1) is 12.8 Å². The molecule has 22 heavy (non-hydrogen) atoms. The third-order valence-electron chi connectivity index (χ3n) is 3.83. The van der Waals surface area contributed by atoms with E-state index >= 15 is 0 Å². The lowest BCUT2D eigenvalue weighted by Crippen LogP contribution is -2.03. The Bertz CT molecular complexity index is 642. The van der Waals surface area contributed by atoms with E-state index in [-0.39, 0.29) is 5.97 Å². The molecular weight excluding hydrogens is 278 g/mol. The molecule has 0 radical (unpaired) electrons. The fourth-order valence-corrected chi connectivity index (χ4v) is 2.52. The van der Waals surface area contributed by atoms with E-state index in [0.29, 0.717) is 25.0 Å². The molecule has 1 aromatic carbocycles. The van der Waals surface area contributed by atoms with Crippen molar-refractivity contribution < 1.29 is 14.3 Å². The van der Waals surface area contributed by atoms with Crippen LogP contribution in [-0.2, 0) is 16.1 Å². The first-order chi connectivity index (χ1) is 10.7. The summed E-state index contributed by atoms with van der Waals surface area (Å²) in [6, 6.07) is 12.1. The smallest absolute Gasteiger partial charge is 0.302 e.